The molecule has 10 heteroatoms. The van der Waals surface area contributed by atoms with Crippen molar-refractivity contribution in [1.29, 1.82) is 0 Å². The summed E-state index contributed by atoms with van der Waals surface area (Å²) in [5.41, 5.74) is 6.98. The predicted molar refractivity (Wildman–Crippen MR) is 114 cm³/mol. The molecule has 31 heavy (non-hydrogen) atoms. The fraction of sp³-hybridized carbons (Fsp3) is 0.190. The summed E-state index contributed by atoms with van der Waals surface area (Å²) in [5.74, 6) is -2.28. The van der Waals surface area contributed by atoms with Gasteiger partial charge in [-0.25, -0.2) is 9.37 Å². The van der Waals surface area contributed by atoms with Crippen LogP contribution in [0.2, 0.25) is 0 Å². The number of carbonyl (C=O) groups is 3. The number of ether oxygens (including phenoxy) is 1. The van der Waals surface area contributed by atoms with Crippen LogP contribution in [-0.4, -0.2) is 46.7 Å². The van der Waals surface area contributed by atoms with Crippen LogP contribution in [0.5, 0.6) is 0 Å². The van der Waals surface area contributed by atoms with E-state index in [4.69, 9.17) is 10.5 Å². The lowest BCUT2D eigenvalue weighted by Gasteiger charge is -2.22. The summed E-state index contributed by atoms with van der Waals surface area (Å²) in [6.07, 6.45) is 1.47. The van der Waals surface area contributed by atoms with Gasteiger partial charge in [0.2, 0.25) is 5.91 Å². The average molecular weight is 442 g/mol. The molecule has 0 atom stereocenters. The minimum Gasteiger partial charge on any atom is -0.455 e. The Balaban J connectivity index is 1.55. The molecule has 0 fully saturated rings. The maximum absolute atomic E-state index is 13.2. The van der Waals surface area contributed by atoms with Gasteiger partial charge >= 0.3 is 5.97 Å². The molecule has 0 aliphatic rings. The Morgan fingerprint density at radius 1 is 1.06 bits per heavy atom. The number of fused-ring (bicyclic) bond motifs is 1. The number of nitrogens with two attached hydrogens (primary N) is 1. The molecule has 0 aliphatic carbocycles. The van der Waals surface area contributed by atoms with Crippen molar-refractivity contribution < 1.29 is 23.5 Å². The summed E-state index contributed by atoms with van der Waals surface area (Å²) in [6, 6.07) is 12.5. The molecule has 3 rings (SSSR count). The zero-order valence-electron chi connectivity index (χ0n) is 16.4. The average Bonchev–Trinajstić information content (AvgIpc) is 2.77. The molecule has 0 spiro atoms. The van der Waals surface area contributed by atoms with E-state index >= 15 is 0 Å². The first-order chi connectivity index (χ1) is 14.9. The molecule has 3 aromatic rings. The van der Waals surface area contributed by atoms with Crippen molar-refractivity contribution in [3.8, 4) is 0 Å². The summed E-state index contributed by atoms with van der Waals surface area (Å²) >= 11 is 1.14. The fourth-order valence-corrected chi connectivity index (χ4v) is 3.28. The molecule has 2 amide bonds. The third-order valence-corrected chi connectivity index (χ3v) is 5.01. The normalized spacial score (nSPS) is 10.6. The van der Waals surface area contributed by atoms with Gasteiger partial charge in [0.1, 0.15) is 10.8 Å². The van der Waals surface area contributed by atoms with E-state index in [1.807, 2.05) is 24.3 Å². The predicted octanol–water partition coefficient (Wildman–Crippen LogP) is 2.31. The number of esters is 1. The van der Waals surface area contributed by atoms with Gasteiger partial charge in [-0.15, -0.1) is 0 Å². The number of benzene rings is 2. The Labute approximate surface area is 181 Å². The van der Waals surface area contributed by atoms with E-state index in [-0.39, 0.29) is 18.7 Å². The van der Waals surface area contributed by atoms with Crippen LogP contribution in [-0.2, 0) is 19.1 Å². The first-order valence-corrected chi connectivity index (χ1v) is 10.3. The van der Waals surface area contributed by atoms with Gasteiger partial charge in [-0.1, -0.05) is 23.9 Å². The first kappa shape index (κ1) is 22.2. The highest BCUT2D eigenvalue weighted by Gasteiger charge is 2.19. The van der Waals surface area contributed by atoms with E-state index in [1.54, 1.807) is 6.20 Å². The number of nitrogens with zero attached hydrogens (tertiary/aromatic N) is 3. The molecule has 0 unspecified atom stereocenters. The van der Waals surface area contributed by atoms with Crippen LogP contribution in [0, 0.1) is 5.82 Å². The van der Waals surface area contributed by atoms with Gasteiger partial charge in [0.15, 0.2) is 6.61 Å². The topological polar surface area (TPSA) is 115 Å². The van der Waals surface area contributed by atoms with Gasteiger partial charge in [-0.05, 0) is 36.4 Å². The van der Waals surface area contributed by atoms with E-state index in [9.17, 15) is 18.8 Å². The van der Waals surface area contributed by atoms with Crippen molar-refractivity contribution >= 4 is 46.3 Å². The van der Waals surface area contributed by atoms with Crippen LogP contribution in [0.25, 0.3) is 11.0 Å². The van der Waals surface area contributed by atoms with E-state index < -0.39 is 30.2 Å². The summed E-state index contributed by atoms with van der Waals surface area (Å²) in [6.45, 7) is -0.544. The first-order valence-electron chi connectivity index (χ1n) is 9.27. The zero-order valence-corrected chi connectivity index (χ0v) is 17.2. The van der Waals surface area contributed by atoms with E-state index in [0.717, 1.165) is 17.3 Å². The lowest BCUT2D eigenvalue weighted by atomic mass is 10.2. The second kappa shape index (κ2) is 10.5. The number of thioether (sulfide) groups is 1. The maximum atomic E-state index is 13.2. The molecule has 0 saturated carbocycles. The summed E-state index contributed by atoms with van der Waals surface area (Å²) in [4.78, 5) is 45.6. The Bertz CT molecular complexity index is 1090. The number of carbonyl (C=O) groups excluding carboxylic acids is 3. The summed E-state index contributed by atoms with van der Waals surface area (Å²) in [5, 5.41) is 0.552. The van der Waals surface area contributed by atoms with Crippen molar-refractivity contribution in [3.63, 3.8) is 0 Å². The second-order valence-corrected chi connectivity index (χ2v) is 7.38. The Kier molecular flexibility index (Phi) is 7.50. The quantitative estimate of drug-likeness (QED) is 0.399. The number of hydrogen-bond donors (Lipinski definition) is 1. The van der Waals surface area contributed by atoms with Crippen LogP contribution in [0.15, 0.2) is 59.8 Å². The Morgan fingerprint density at radius 2 is 1.77 bits per heavy atom. The summed E-state index contributed by atoms with van der Waals surface area (Å²) < 4.78 is 18.2. The number of anilines is 1. The maximum Gasteiger partial charge on any atom is 0.316 e. The number of rotatable bonds is 9. The molecule has 0 aliphatic heterocycles. The van der Waals surface area contributed by atoms with Gasteiger partial charge in [0.25, 0.3) is 5.91 Å². The monoisotopic (exact) mass is 442 g/mol. The minimum atomic E-state index is -0.609. The number of halogens is 1. The van der Waals surface area contributed by atoms with Crippen LogP contribution in [0.3, 0.4) is 0 Å². The number of amides is 2. The van der Waals surface area contributed by atoms with Crippen LogP contribution in [0.1, 0.15) is 6.42 Å². The van der Waals surface area contributed by atoms with Crippen molar-refractivity contribution in [2.45, 2.75) is 11.4 Å². The van der Waals surface area contributed by atoms with Gasteiger partial charge in [0.05, 0.1) is 23.0 Å². The van der Waals surface area contributed by atoms with E-state index in [0.29, 0.717) is 16.2 Å². The van der Waals surface area contributed by atoms with Crippen LogP contribution in [0.4, 0.5) is 10.1 Å². The molecule has 1 aromatic heterocycles. The van der Waals surface area contributed by atoms with Crippen molar-refractivity contribution in [1.82, 2.24) is 9.97 Å². The fourth-order valence-electron chi connectivity index (χ4n) is 2.65. The van der Waals surface area contributed by atoms with Crippen molar-refractivity contribution in [3.05, 3.63) is 60.5 Å². The molecular weight excluding hydrogens is 423 g/mol. The van der Waals surface area contributed by atoms with Gasteiger partial charge in [0, 0.05) is 18.7 Å². The number of para-hydroxylation sites is 2. The number of aromatic nitrogens is 2. The SMILES string of the molecule is NC(=O)CCN(C(=O)COC(=O)CSc1cnc2ccccc2n1)c1ccc(F)cc1. The highest BCUT2D eigenvalue weighted by Crippen LogP contribution is 2.18. The molecule has 1 heterocycles. The van der Waals surface area contributed by atoms with Gasteiger partial charge < -0.3 is 15.4 Å². The highest BCUT2D eigenvalue weighted by atomic mass is 32.2. The van der Waals surface area contributed by atoms with Crippen LogP contribution >= 0.6 is 11.8 Å². The summed E-state index contributed by atoms with van der Waals surface area (Å²) in [7, 11) is 0. The van der Waals surface area contributed by atoms with Crippen LogP contribution < -0.4 is 10.6 Å². The van der Waals surface area contributed by atoms with Gasteiger partial charge in [-0.3, -0.25) is 19.4 Å². The molecule has 160 valence electrons. The smallest absolute Gasteiger partial charge is 0.316 e. The zero-order chi connectivity index (χ0) is 22.2. The van der Waals surface area contributed by atoms with E-state index in [1.165, 1.54) is 29.2 Å². The lowest BCUT2D eigenvalue weighted by Crippen LogP contribution is -2.37. The third-order valence-electron chi connectivity index (χ3n) is 4.14. The lowest BCUT2D eigenvalue weighted by molar-refractivity contribution is -0.145. The number of hydrogen-bond acceptors (Lipinski definition) is 7. The molecule has 8 nitrogen and oxygen atoms in total. The second-order valence-electron chi connectivity index (χ2n) is 6.38. The highest BCUT2D eigenvalue weighted by molar-refractivity contribution is 7.99. The standard InChI is InChI=1S/C21H19FN4O4S/c22-14-5-7-15(8-6-14)26(10-9-18(23)27)20(28)12-30-21(29)13-31-19-11-24-16-3-1-2-4-17(16)25-19/h1-8,11H,9-10,12-13H2,(H2,23,27). The molecule has 2 aromatic carbocycles. The largest absolute Gasteiger partial charge is 0.455 e. The van der Waals surface area contributed by atoms with Crippen molar-refractivity contribution in [2.24, 2.45) is 5.73 Å². The molecule has 0 bridgehead atoms. The number of primary amides is 1. The van der Waals surface area contributed by atoms with E-state index in [2.05, 4.69) is 9.97 Å². The van der Waals surface area contributed by atoms with Crippen molar-refractivity contribution in [2.75, 3.05) is 23.8 Å². The Morgan fingerprint density at radius 3 is 2.48 bits per heavy atom. The third kappa shape index (κ3) is 6.48. The molecular formula is C21H19FN4O4S. The molecule has 0 saturated heterocycles. The molecule has 2 N–H and O–H groups in total. The molecule has 0 radical (unpaired) electrons. The van der Waals surface area contributed by atoms with Gasteiger partial charge in [-0.2, -0.15) is 0 Å². The minimum absolute atomic E-state index is 0.0151. The Hall–Kier alpha value is -3.53.